The molecule has 1 N–H and O–H groups in total. The number of nitrogens with zero attached hydrogens (tertiary/aromatic N) is 1. The number of benzene rings is 1. The molecule has 2 unspecified atom stereocenters. The first-order valence-corrected chi connectivity index (χ1v) is 6.36. The molecule has 0 radical (unpaired) electrons. The predicted molar refractivity (Wildman–Crippen MR) is 66.2 cm³/mol. The first kappa shape index (κ1) is 10.3. The van der Waals surface area contributed by atoms with Crippen LogP contribution in [0.15, 0.2) is 30.3 Å². The number of likely N-dealkylation sites (tertiary alicyclic amines) is 1. The monoisotopic (exact) mass is 216 g/mol. The lowest BCUT2D eigenvalue weighted by Gasteiger charge is -2.23. The van der Waals surface area contributed by atoms with Crippen molar-refractivity contribution in [2.75, 3.05) is 13.1 Å². The predicted octanol–water partition coefficient (Wildman–Crippen LogP) is 1.87. The van der Waals surface area contributed by atoms with Gasteiger partial charge in [0.05, 0.1) is 0 Å². The second kappa shape index (κ2) is 4.19. The summed E-state index contributed by atoms with van der Waals surface area (Å²) in [4.78, 5) is 2.65. The third-order valence-corrected chi connectivity index (χ3v) is 4.23. The van der Waals surface area contributed by atoms with Crippen molar-refractivity contribution in [3.63, 3.8) is 0 Å². The van der Waals surface area contributed by atoms with E-state index in [4.69, 9.17) is 0 Å². The Morgan fingerprint density at radius 3 is 2.94 bits per heavy atom. The molecule has 0 aliphatic carbocycles. The summed E-state index contributed by atoms with van der Waals surface area (Å²) in [5.74, 6) is 0.878. The van der Waals surface area contributed by atoms with Gasteiger partial charge in [-0.05, 0) is 31.4 Å². The molecule has 1 aromatic rings. The maximum absolute atomic E-state index is 3.60. The molecule has 2 heteroatoms. The van der Waals surface area contributed by atoms with Gasteiger partial charge < -0.3 is 5.32 Å². The fraction of sp³-hybridized carbons (Fsp3) is 0.571. The molecule has 0 amide bonds. The van der Waals surface area contributed by atoms with E-state index in [2.05, 4.69) is 47.5 Å². The molecule has 2 saturated heterocycles. The SMILES string of the molecule is CC1NC[C@H]2C1CCN2Cc1ccccc1. The quantitative estimate of drug-likeness (QED) is 0.812. The van der Waals surface area contributed by atoms with E-state index in [-0.39, 0.29) is 0 Å². The highest BCUT2D eigenvalue weighted by Gasteiger charge is 2.41. The van der Waals surface area contributed by atoms with Crippen molar-refractivity contribution in [2.24, 2.45) is 5.92 Å². The van der Waals surface area contributed by atoms with Crippen molar-refractivity contribution in [3.05, 3.63) is 35.9 Å². The standard InChI is InChI=1S/C14H20N2/c1-11-13-7-8-16(14(13)9-15-11)10-12-5-3-2-4-6-12/h2-6,11,13-15H,7-10H2,1H3/t11?,13?,14-/m0/s1. The molecule has 0 saturated carbocycles. The van der Waals surface area contributed by atoms with E-state index in [0.717, 1.165) is 18.5 Å². The molecule has 86 valence electrons. The Balaban J connectivity index is 1.69. The number of hydrogen-bond acceptors (Lipinski definition) is 2. The van der Waals surface area contributed by atoms with Crippen molar-refractivity contribution < 1.29 is 0 Å². The molecule has 2 aliphatic heterocycles. The van der Waals surface area contributed by atoms with Crippen LogP contribution in [-0.4, -0.2) is 30.1 Å². The highest BCUT2D eigenvalue weighted by Crippen LogP contribution is 2.32. The van der Waals surface area contributed by atoms with Crippen molar-refractivity contribution in [1.82, 2.24) is 10.2 Å². The average molecular weight is 216 g/mol. The molecule has 2 nitrogen and oxygen atoms in total. The lowest BCUT2D eigenvalue weighted by molar-refractivity contribution is 0.242. The summed E-state index contributed by atoms with van der Waals surface area (Å²) in [6.45, 7) is 5.90. The summed E-state index contributed by atoms with van der Waals surface area (Å²) in [7, 11) is 0. The van der Waals surface area contributed by atoms with Crippen LogP contribution >= 0.6 is 0 Å². The molecule has 2 heterocycles. The largest absolute Gasteiger partial charge is 0.312 e. The van der Waals surface area contributed by atoms with Crippen LogP contribution in [0.4, 0.5) is 0 Å². The Kier molecular flexibility index (Phi) is 2.70. The Morgan fingerprint density at radius 2 is 2.12 bits per heavy atom. The minimum Gasteiger partial charge on any atom is -0.312 e. The smallest absolute Gasteiger partial charge is 0.0267 e. The van der Waals surface area contributed by atoms with Gasteiger partial charge in [0.1, 0.15) is 0 Å². The van der Waals surface area contributed by atoms with Crippen LogP contribution in [0.5, 0.6) is 0 Å². The molecule has 0 aromatic heterocycles. The highest BCUT2D eigenvalue weighted by atomic mass is 15.2. The molecule has 16 heavy (non-hydrogen) atoms. The molecular formula is C14H20N2. The fourth-order valence-electron chi connectivity index (χ4n) is 3.28. The Labute approximate surface area is 97.6 Å². The van der Waals surface area contributed by atoms with E-state index in [0.29, 0.717) is 6.04 Å². The second-order valence-corrected chi connectivity index (χ2v) is 5.17. The number of rotatable bonds is 2. The number of nitrogens with one attached hydrogen (secondary N) is 1. The maximum Gasteiger partial charge on any atom is 0.0267 e. The van der Waals surface area contributed by atoms with E-state index >= 15 is 0 Å². The van der Waals surface area contributed by atoms with E-state index in [1.807, 2.05) is 0 Å². The van der Waals surface area contributed by atoms with E-state index in [1.165, 1.54) is 25.1 Å². The highest BCUT2D eigenvalue weighted by molar-refractivity contribution is 5.15. The topological polar surface area (TPSA) is 15.3 Å². The van der Waals surface area contributed by atoms with Crippen LogP contribution in [-0.2, 0) is 6.54 Å². The van der Waals surface area contributed by atoms with Crippen molar-refractivity contribution in [2.45, 2.75) is 32.0 Å². The molecule has 0 bridgehead atoms. The van der Waals surface area contributed by atoms with Gasteiger partial charge in [-0.25, -0.2) is 0 Å². The van der Waals surface area contributed by atoms with Crippen LogP contribution in [0.1, 0.15) is 18.9 Å². The van der Waals surface area contributed by atoms with Gasteiger partial charge in [-0.1, -0.05) is 30.3 Å². The normalized spacial score (nSPS) is 34.2. The first-order valence-electron chi connectivity index (χ1n) is 6.36. The Bertz CT molecular complexity index is 349. The fourth-order valence-corrected chi connectivity index (χ4v) is 3.28. The van der Waals surface area contributed by atoms with E-state index in [1.54, 1.807) is 0 Å². The summed E-state index contributed by atoms with van der Waals surface area (Å²) < 4.78 is 0. The van der Waals surface area contributed by atoms with Crippen molar-refractivity contribution in [3.8, 4) is 0 Å². The summed E-state index contributed by atoms with van der Waals surface area (Å²) in [5, 5.41) is 3.60. The van der Waals surface area contributed by atoms with Crippen LogP contribution in [0.2, 0.25) is 0 Å². The minimum atomic E-state index is 0.714. The lowest BCUT2D eigenvalue weighted by Crippen LogP contribution is -2.33. The second-order valence-electron chi connectivity index (χ2n) is 5.17. The van der Waals surface area contributed by atoms with Gasteiger partial charge in [-0.2, -0.15) is 0 Å². The molecule has 1 aromatic carbocycles. The van der Waals surface area contributed by atoms with Crippen LogP contribution < -0.4 is 5.32 Å². The Morgan fingerprint density at radius 1 is 1.31 bits per heavy atom. The zero-order valence-corrected chi connectivity index (χ0v) is 9.89. The van der Waals surface area contributed by atoms with Gasteiger partial charge >= 0.3 is 0 Å². The number of fused-ring (bicyclic) bond motifs is 1. The average Bonchev–Trinajstić information content (AvgIpc) is 2.86. The van der Waals surface area contributed by atoms with E-state index in [9.17, 15) is 0 Å². The van der Waals surface area contributed by atoms with Gasteiger partial charge in [0.2, 0.25) is 0 Å². The van der Waals surface area contributed by atoms with Crippen molar-refractivity contribution in [1.29, 1.82) is 0 Å². The number of hydrogen-bond donors (Lipinski definition) is 1. The lowest BCUT2D eigenvalue weighted by atomic mass is 9.98. The van der Waals surface area contributed by atoms with Gasteiger partial charge in [-0.3, -0.25) is 4.90 Å². The molecule has 2 aliphatic rings. The van der Waals surface area contributed by atoms with Gasteiger partial charge in [0.25, 0.3) is 0 Å². The van der Waals surface area contributed by atoms with E-state index < -0.39 is 0 Å². The summed E-state index contributed by atoms with van der Waals surface area (Å²) in [5.41, 5.74) is 1.45. The zero-order chi connectivity index (χ0) is 11.0. The van der Waals surface area contributed by atoms with Gasteiger partial charge in [0, 0.05) is 25.2 Å². The molecular weight excluding hydrogens is 196 g/mol. The zero-order valence-electron chi connectivity index (χ0n) is 9.89. The minimum absolute atomic E-state index is 0.714. The van der Waals surface area contributed by atoms with Crippen LogP contribution in [0.25, 0.3) is 0 Å². The van der Waals surface area contributed by atoms with Crippen LogP contribution in [0, 0.1) is 5.92 Å². The van der Waals surface area contributed by atoms with Gasteiger partial charge in [-0.15, -0.1) is 0 Å². The van der Waals surface area contributed by atoms with Crippen LogP contribution in [0.3, 0.4) is 0 Å². The first-order chi connectivity index (χ1) is 7.84. The molecule has 3 rings (SSSR count). The molecule has 0 spiro atoms. The third kappa shape index (κ3) is 1.76. The molecule has 3 atom stereocenters. The summed E-state index contributed by atoms with van der Waals surface area (Å²) >= 11 is 0. The molecule has 2 fully saturated rings. The summed E-state index contributed by atoms with van der Waals surface area (Å²) in [6.07, 6.45) is 1.37. The van der Waals surface area contributed by atoms with Crippen molar-refractivity contribution >= 4 is 0 Å². The Hall–Kier alpha value is -0.860. The maximum atomic E-state index is 3.60. The summed E-state index contributed by atoms with van der Waals surface area (Å²) in [6, 6.07) is 12.3. The third-order valence-electron chi connectivity index (χ3n) is 4.23. The van der Waals surface area contributed by atoms with Gasteiger partial charge in [0.15, 0.2) is 0 Å².